The van der Waals surface area contributed by atoms with Gasteiger partial charge in [-0.25, -0.2) is 18.7 Å². The first-order valence-corrected chi connectivity index (χ1v) is 10.2. The van der Waals surface area contributed by atoms with Gasteiger partial charge in [-0.15, -0.1) is 5.10 Å². The minimum Gasteiger partial charge on any atom is -0.471 e. The van der Waals surface area contributed by atoms with Crippen molar-refractivity contribution in [2.45, 2.75) is 20.2 Å². The van der Waals surface area contributed by atoms with Crippen LogP contribution in [0.5, 0.6) is 5.75 Å². The van der Waals surface area contributed by atoms with Crippen LogP contribution in [-0.2, 0) is 13.3 Å². The molecular formula is C21H17Cl2FN6O2. The molecule has 11 heteroatoms. The molecule has 0 aliphatic heterocycles. The highest BCUT2D eigenvalue weighted by atomic mass is 35.5. The molecule has 4 rings (SSSR count). The van der Waals surface area contributed by atoms with Gasteiger partial charge in [-0.05, 0) is 48.9 Å². The fraction of sp³-hybridized carbons (Fsp3) is 0.143. The van der Waals surface area contributed by atoms with Crippen LogP contribution in [0, 0.1) is 12.7 Å². The molecule has 0 fully saturated rings. The molecule has 4 aromatic rings. The second-order valence-corrected chi connectivity index (χ2v) is 7.66. The minimum absolute atomic E-state index is 0.0601. The molecule has 0 atom stereocenters. The molecule has 1 amide bonds. The van der Waals surface area contributed by atoms with E-state index in [1.165, 1.54) is 27.8 Å². The van der Waals surface area contributed by atoms with Crippen molar-refractivity contribution in [1.82, 2.24) is 24.5 Å². The van der Waals surface area contributed by atoms with E-state index in [2.05, 4.69) is 20.5 Å². The van der Waals surface area contributed by atoms with Gasteiger partial charge >= 0.3 is 0 Å². The average Bonchev–Trinajstić information content (AvgIpc) is 3.41. The lowest BCUT2D eigenvalue weighted by molar-refractivity contribution is 0.101. The van der Waals surface area contributed by atoms with Gasteiger partial charge in [0.15, 0.2) is 12.4 Å². The number of hydrogen-bond donors (Lipinski definition) is 1. The quantitative estimate of drug-likeness (QED) is 0.424. The Kier molecular flexibility index (Phi) is 6.38. The second-order valence-electron chi connectivity index (χ2n) is 6.84. The number of hydrogen-bond acceptors (Lipinski definition) is 5. The van der Waals surface area contributed by atoms with Crippen molar-refractivity contribution in [3.05, 3.63) is 87.7 Å². The minimum atomic E-state index is -0.493. The molecule has 32 heavy (non-hydrogen) atoms. The third-order valence-corrected chi connectivity index (χ3v) is 5.29. The summed E-state index contributed by atoms with van der Waals surface area (Å²) in [6, 6.07) is 11.3. The van der Waals surface area contributed by atoms with Crippen LogP contribution in [0.1, 0.15) is 21.6 Å². The van der Waals surface area contributed by atoms with Crippen LogP contribution in [0.25, 0.3) is 0 Å². The zero-order chi connectivity index (χ0) is 22.7. The molecule has 2 heterocycles. The Morgan fingerprint density at radius 3 is 2.75 bits per heavy atom. The van der Waals surface area contributed by atoms with E-state index >= 15 is 0 Å². The summed E-state index contributed by atoms with van der Waals surface area (Å²) >= 11 is 12.0. The van der Waals surface area contributed by atoms with E-state index in [4.69, 9.17) is 27.9 Å². The lowest BCUT2D eigenvalue weighted by Crippen LogP contribution is -2.15. The lowest BCUT2D eigenvalue weighted by Gasteiger charge is -2.07. The van der Waals surface area contributed by atoms with E-state index in [1.807, 2.05) is 13.0 Å². The number of nitrogens with zero attached hydrogens (tertiary/aromatic N) is 5. The molecular weight excluding hydrogens is 458 g/mol. The molecule has 0 aliphatic rings. The van der Waals surface area contributed by atoms with Gasteiger partial charge in [0.25, 0.3) is 5.91 Å². The smallest absolute Gasteiger partial charge is 0.278 e. The number of amides is 1. The van der Waals surface area contributed by atoms with Crippen LogP contribution in [0.4, 0.5) is 10.3 Å². The van der Waals surface area contributed by atoms with Crippen LogP contribution in [0.15, 0.2) is 55.0 Å². The summed E-state index contributed by atoms with van der Waals surface area (Å²) < 4.78 is 22.5. The van der Waals surface area contributed by atoms with Crippen molar-refractivity contribution in [2.24, 2.45) is 0 Å². The van der Waals surface area contributed by atoms with Crippen molar-refractivity contribution in [1.29, 1.82) is 0 Å². The third kappa shape index (κ3) is 5.06. The summed E-state index contributed by atoms with van der Waals surface area (Å²) in [5.74, 6) is -0.240. The van der Waals surface area contributed by atoms with E-state index in [1.54, 1.807) is 30.5 Å². The Morgan fingerprint density at radius 2 is 1.97 bits per heavy atom. The maximum absolute atomic E-state index is 13.9. The fourth-order valence-corrected chi connectivity index (χ4v) is 3.18. The highest BCUT2D eigenvalue weighted by Crippen LogP contribution is 2.21. The van der Waals surface area contributed by atoms with Crippen LogP contribution in [-0.4, -0.2) is 30.5 Å². The Balaban J connectivity index is 1.35. The first-order chi connectivity index (χ1) is 15.4. The first-order valence-electron chi connectivity index (χ1n) is 9.45. The summed E-state index contributed by atoms with van der Waals surface area (Å²) in [5.41, 5.74) is 1.34. The SMILES string of the molecule is Cc1cc(OCn2ccc(C(=O)Nc3ncn(Cc4c(F)cccc4Cl)n3)n2)ccc1Cl. The van der Waals surface area contributed by atoms with Crippen LogP contribution in [0.3, 0.4) is 0 Å². The lowest BCUT2D eigenvalue weighted by atomic mass is 10.2. The van der Waals surface area contributed by atoms with Crippen molar-refractivity contribution >= 4 is 35.1 Å². The number of aryl methyl sites for hydroxylation is 1. The molecule has 164 valence electrons. The van der Waals surface area contributed by atoms with E-state index < -0.39 is 11.7 Å². The highest BCUT2D eigenvalue weighted by Gasteiger charge is 2.14. The number of anilines is 1. The van der Waals surface area contributed by atoms with Gasteiger partial charge in [0, 0.05) is 21.8 Å². The number of rotatable bonds is 7. The fourth-order valence-electron chi connectivity index (χ4n) is 2.84. The van der Waals surface area contributed by atoms with Crippen LogP contribution < -0.4 is 10.1 Å². The molecule has 1 N–H and O–H groups in total. The number of aromatic nitrogens is 5. The molecule has 0 bridgehead atoms. The predicted molar refractivity (Wildman–Crippen MR) is 118 cm³/mol. The number of carbonyl (C=O) groups is 1. The van der Waals surface area contributed by atoms with E-state index in [-0.39, 0.29) is 35.5 Å². The molecule has 0 saturated heterocycles. The number of benzene rings is 2. The van der Waals surface area contributed by atoms with Gasteiger partial charge in [0.1, 0.15) is 17.9 Å². The molecule has 0 radical (unpaired) electrons. The summed E-state index contributed by atoms with van der Waals surface area (Å²) in [6.45, 7) is 2.07. The van der Waals surface area contributed by atoms with Gasteiger partial charge in [-0.1, -0.05) is 29.3 Å². The van der Waals surface area contributed by atoms with Gasteiger partial charge < -0.3 is 4.74 Å². The monoisotopic (exact) mass is 474 g/mol. The van der Waals surface area contributed by atoms with Crippen molar-refractivity contribution in [2.75, 3.05) is 5.32 Å². The van der Waals surface area contributed by atoms with Crippen LogP contribution >= 0.6 is 23.2 Å². The summed E-state index contributed by atoms with van der Waals surface area (Å²) in [4.78, 5) is 16.5. The predicted octanol–water partition coefficient (Wildman–Crippen LogP) is 4.57. The molecule has 0 spiro atoms. The van der Waals surface area contributed by atoms with Crippen LogP contribution in [0.2, 0.25) is 10.0 Å². The topological polar surface area (TPSA) is 86.9 Å². The average molecular weight is 475 g/mol. The molecule has 8 nitrogen and oxygen atoms in total. The molecule has 0 saturated carbocycles. The Bertz CT molecular complexity index is 1250. The number of nitrogens with one attached hydrogen (secondary N) is 1. The first kappa shape index (κ1) is 21.8. The largest absolute Gasteiger partial charge is 0.471 e. The van der Waals surface area contributed by atoms with E-state index in [0.717, 1.165) is 5.56 Å². The van der Waals surface area contributed by atoms with E-state index in [9.17, 15) is 9.18 Å². The van der Waals surface area contributed by atoms with E-state index in [0.29, 0.717) is 10.8 Å². The van der Waals surface area contributed by atoms with Gasteiger partial charge in [0.2, 0.25) is 5.95 Å². The second kappa shape index (κ2) is 9.37. The summed E-state index contributed by atoms with van der Waals surface area (Å²) in [6.07, 6.45) is 2.99. The van der Waals surface area contributed by atoms with Gasteiger partial charge in [-0.2, -0.15) is 5.10 Å². The number of carbonyl (C=O) groups excluding carboxylic acids is 1. The zero-order valence-corrected chi connectivity index (χ0v) is 18.3. The Hall–Kier alpha value is -3.43. The zero-order valence-electron chi connectivity index (χ0n) is 16.8. The van der Waals surface area contributed by atoms with Crippen molar-refractivity contribution in [3.8, 4) is 5.75 Å². The third-order valence-electron chi connectivity index (χ3n) is 4.51. The number of halogens is 3. The highest BCUT2D eigenvalue weighted by molar-refractivity contribution is 6.31. The van der Waals surface area contributed by atoms with Gasteiger partial charge in [0.05, 0.1) is 6.54 Å². The Labute approximate surface area is 192 Å². The molecule has 2 aromatic heterocycles. The maximum atomic E-state index is 13.9. The normalized spacial score (nSPS) is 10.9. The molecule has 0 aliphatic carbocycles. The van der Waals surface area contributed by atoms with Crippen molar-refractivity contribution < 1.29 is 13.9 Å². The van der Waals surface area contributed by atoms with Gasteiger partial charge in [-0.3, -0.25) is 10.1 Å². The summed E-state index contributed by atoms with van der Waals surface area (Å²) in [7, 11) is 0. The molecule has 2 aromatic carbocycles. The Morgan fingerprint density at radius 1 is 1.12 bits per heavy atom. The molecule has 0 unspecified atom stereocenters. The summed E-state index contributed by atoms with van der Waals surface area (Å²) in [5, 5.41) is 11.8. The standard InChI is InChI=1S/C21H17Cl2FN6O2/c1-13-9-14(5-6-16(13)22)32-12-29-8-7-19(27-29)20(31)26-21-25-11-30(28-21)10-15-17(23)3-2-4-18(15)24/h2-9,11H,10,12H2,1H3,(H,26,28,31). The van der Waals surface area contributed by atoms with Crippen molar-refractivity contribution in [3.63, 3.8) is 0 Å². The number of ether oxygens (including phenoxy) is 1. The maximum Gasteiger partial charge on any atom is 0.278 e.